The lowest BCUT2D eigenvalue weighted by molar-refractivity contribution is 0.0697. The van der Waals surface area contributed by atoms with E-state index in [9.17, 15) is 9.90 Å². The fraction of sp³-hybridized carbons (Fsp3) is 0.0870. The van der Waals surface area contributed by atoms with Crippen LogP contribution in [0, 0.1) is 0 Å². The van der Waals surface area contributed by atoms with Gasteiger partial charge in [0.2, 0.25) is 5.88 Å². The molecule has 0 spiro atoms. The lowest BCUT2D eigenvalue weighted by atomic mass is 10.1. The van der Waals surface area contributed by atoms with Crippen LogP contribution in [0.1, 0.15) is 10.4 Å². The Morgan fingerprint density at radius 2 is 1.70 bits per heavy atom. The van der Waals surface area contributed by atoms with Crippen molar-refractivity contribution in [1.29, 1.82) is 0 Å². The highest BCUT2D eigenvalue weighted by molar-refractivity contribution is 5.87. The highest BCUT2D eigenvalue weighted by atomic mass is 16.5. The SMILES string of the molecule is O=C(O)c1cnn(-c2nc(O)c3c(cnn3CCOc3ccc(-c4ccccc4)cc3)n2)c1. The van der Waals surface area contributed by atoms with Gasteiger partial charge in [-0.15, -0.1) is 0 Å². The van der Waals surface area contributed by atoms with E-state index >= 15 is 0 Å². The summed E-state index contributed by atoms with van der Waals surface area (Å²) in [5.74, 6) is -0.634. The van der Waals surface area contributed by atoms with Gasteiger partial charge in [-0.2, -0.15) is 15.2 Å². The number of hydrogen-bond donors (Lipinski definition) is 2. The molecule has 10 heteroatoms. The molecule has 0 saturated heterocycles. The smallest absolute Gasteiger partial charge is 0.338 e. The molecule has 0 unspecified atom stereocenters. The van der Waals surface area contributed by atoms with Gasteiger partial charge in [0.25, 0.3) is 5.95 Å². The van der Waals surface area contributed by atoms with Gasteiger partial charge in [0.05, 0.1) is 24.5 Å². The number of nitrogens with zero attached hydrogens (tertiary/aromatic N) is 6. The second-order valence-corrected chi connectivity index (χ2v) is 7.17. The van der Waals surface area contributed by atoms with Crippen molar-refractivity contribution in [3.05, 3.63) is 78.8 Å². The number of aromatic nitrogens is 6. The third-order valence-corrected chi connectivity index (χ3v) is 5.03. The zero-order chi connectivity index (χ0) is 22.8. The van der Waals surface area contributed by atoms with Gasteiger partial charge >= 0.3 is 5.97 Å². The first-order chi connectivity index (χ1) is 16.1. The molecule has 5 aromatic rings. The van der Waals surface area contributed by atoms with Crippen molar-refractivity contribution in [2.24, 2.45) is 0 Å². The molecule has 0 aliphatic heterocycles. The Hall–Kier alpha value is -4.73. The van der Waals surface area contributed by atoms with Crippen molar-refractivity contribution in [1.82, 2.24) is 29.5 Å². The van der Waals surface area contributed by atoms with E-state index in [0.29, 0.717) is 24.2 Å². The lowest BCUT2D eigenvalue weighted by Crippen LogP contribution is -2.10. The molecule has 0 atom stereocenters. The number of rotatable bonds is 7. The second-order valence-electron chi connectivity index (χ2n) is 7.17. The fourth-order valence-corrected chi connectivity index (χ4v) is 3.41. The molecule has 0 aliphatic carbocycles. The molecule has 10 nitrogen and oxygen atoms in total. The molecule has 2 aromatic carbocycles. The van der Waals surface area contributed by atoms with Crippen molar-refractivity contribution in [2.45, 2.75) is 6.54 Å². The van der Waals surface area contributed by atoms with Crippen molar-refractivity contribution in [2.75, 3.05) is 6.61 Å². The summed E-state index contributed by atoms with van der Waals surface area (Å²) >= 11 is 0. The summed E-state index contributed by atoms with van der Waals surface area (Å²) in [4.78, 5) is 19.4. The number of carbonyl (C=O) groups is 1. The highest BCUT2D eigenvalue weighted by Crippen LogP contribution is 2.24. The summed E-state index contributed by atoms with van der Waals surface area (Å²) in [6, 6.07) is 17.9. The van der Waals surface area contributed by atoms with E-state index < -0.39 is 5.97 Å². The van der Waals surface area contributed by atoms with Crippen LogP contribution in [0.25, 0.3) is 28.1 Å². The van der Waals surface area contributed by atoms with Gasteiger partial charge in [0.15, 0.2) is 0 Å². The van der Waals surface area contributed by atoms with Crippen LogP contribution in [-0.4, -0.2) is 52.3 Å². The number of fused-ring (bicyclic) bond motifs is 1. The van der Waals surface area contributed by atoms with Crippen molar-refractivity contribution < 1.29 is 19.7 Å². The Balaban J connectivity index is 1.28. The normalized spacial score (nSPS) is 11.0. The first-order valence-electron chi connectivity index (χ1n) is 10.1. The van der Waals surface area contributed by atoms with Crippen molar-refractivity contribution in [3.63, 3.8) is 0 Å². The Kier molecular flexibility index (Phi) is 5.15. The Morgan fingerprint density at radius 1 is 0.939 bits per heavy atom. The molecular weight excluding hydrogens is 424 g/mol. The first-order valence-corrected chi connectivity index (χ1v) is 10.1. The molecule has 33 heavy (non-hydrogen) atoms. The van der Waals surface area contributed by atoms with E-state index in [1.54, 1.807) is 4.68 Å². The van der Waals surface area contributed by atoms with Crippen LogP contribution in [0.15, 0.2) is 73.2 Å². The minimum absolute atomic E-state index is 0.0113. The predicted octanol–water partition coefficient (Wildman–Crippen LogP) is 3.16. The van der Waals surface area contributed by atoms with Gasteiger partial charge in [-0.3, -0.25) is 4.68 Å². The van der Waals surface area contributed by atoms with Gasteiger partial charge in [0, 0.05) is 6.20 Å². The third-order valence-electron chi connectivity index (χ3n) is 5.03. The number of carboxylic acids is 1. The number of aromatic carboxylic acids is 1. The van der Waals surface area contributed by atoms with E-state index in [0.717, 1.165) is 16.9 Å². The number of benzene rings is 2. The summed E-state index contributed by atoms with van der Waals surface area (Å²) in [6.07, 6.45) is 3.95. The van der Waals surface area contributed by atoms with Crippen LogP contribution in [0.2, 0.25) is 0 Å². The van der Waals surface area contributed by atoms with Gasteiger partial charge in [0.1, 0.15) is 23.4 Å². The van der Waals surface area contributed by atoms with Crippen LogP contribution in [-0.2, 0) is 6.54 Å². The summed E-state index contributed by atoms with van der Waals surface area (Å²) in [5.41, 5.74) is 2.98. The monoisotopic (exact) mass is 442 g/mol. The molecule has 164 valence electrons. The Bertz CT molecular complexity index is 1430. The van der Waals surface area contributed by atoms with E-state index in [1.807, 2.05) is 42.5 Å². The summed E-state index contributed by atoms with van der Waals surface area (Å²) < 4.78 is 8.56. The number of aromatic hydroxyl groups is 1. The van der Waals surface area contributed by atoms with Crippen molar-refractivity contribution >= 4 is 17.0 Å². The molecule has 0 saturated carbocycles. The minimum Gasteiger partial charge on any atom is -0.492 e. The average Bonchev–Trinajstić information content (AvgIpc) is 3.48. The van der Waals surface area contributed by atoms with E-state index in [-0.39, 0.29) is 17.4 Å². The number of carboxylic acid groups (broad SMARTS) is 1. The van der Waals surface area contributed by atoms with E-state index in [1.165, 1.54) is 23.3 Å². The lowest BCUT2D eigenvalue weighted by Gasteiger charge is -2.09. The highest BCUT2D eigenvalue weighted by Gasteiger charge is 2.16. The second kappa shape index (κ2) is 8.42. The van der Waals surface area contributed by atoms with Crippen LogP contribution in [0.3, 0.4) is 0 Å². The Morgan fingerprint density at radius 3 is 2.42 bits per heavy atom. The van der Waals surface area contributed by atoms with Crippen LogP contribution in [0.4, 0.5) is 0 Å². The first kappa shape index (κ1) is 20.2. The maximum Gasteiger partial charge on any atom is 0.338 e. The van der Waals surface area contributed by atoms with Crippen molar-refractivity contribution in [3.8, 4) is 28.7 Å². The molecule has 2 N–H and O–H groups in total. The molecule has 3 aromatic heterocycles. The fourth-order valence-electron chi connectivity index (χ4n) is 3.41. The van der Waals surface area contributed by atoms with Gasteiger partial charge in [-0.05, 0) is 23.3 Å². The Labute approximate surface area is 187 Å². The average molecular weight is 442 g/mol. The van der Waals surface area contributed by atoms with Gasteiger partial charge in [-0.25, -0.2) is 14.5 Å². The molecular formula is C23H18N6O4. The third kappa shape index (κ3) is 4.09. The standard InChI is InChI=1S/C23H18N6O4/c30-21-20-19(26-23(27-21)29-14-17(12-24-29)22(31)32)13-25-28(20)10-11-33-18-8-6-16(7-9-18)15-4-2-1-3-5-15/h1-9,12-14H,10-11H2,(H,31,32)(H,26,27,30). The maximum absolute atomic E-state index is 11.0. The van der Waals surface area contributed by atoms with E-state index in [4.69, 9.17) is 9.84 Å². The molecule has 0 radical (unpaired) electrons. The predicted molar refractivity (Wildman–Crippen MR) is 118 cm³/mol. The zero-order valence-corrected chi connectivity index (χ0v) is 17.2. The topological polar surface area (TPSA) is 128 Å². The molecule has 0 fully saturated rings. The van der Waals surface area contributed by atoms with Gasteiger partial charge in [-0.1, -0.05) is 42.5 Å². The molecule has 0 amide bonds. The van der Waals surface area contributed by atoms with Crippen LogP contribution in [0.5, 0.6) is 11.6 Å². The summed E-state index contributed by atoms with van der Waals surface area (Å²) in [7, 11) is 0. The van der Waals surface area contributed by atoms with Crippen LogP contribution >= 0.6 is 0 Å². The molecule has 0 aliphatic rings. The number of ether oxygens (including phenoxy) is 1. The summed E-state index contributed by atoms with van der Waals surface area (Å²) in [5, 5.41) is 27.7. The molecule has 3 heterocycles. The molecule has 5 rings (SSSR count). The maximum atomic E-state index is 11.0. The largest absolute Gasteiger partial charge is 0.492 e. The number of hydrogen-bond acceptors (Lipinski definition) is 7. The summed E-state index contributed by atoms with van der Waals surface area (Å²) in [6.45, 7) is 0.689. The van der Waals surface area contributed by atoms with Gasteiger partial charge < -0.3 is 14.9 Å². The minimum atomic E-state index is -1.12. The zero-order valence-electron chi connectivity index (χ0n) is 17.2. The molecule has 0 bridgehead atoms. The van der Waals surface area contributed by atoms with Crippen LogP contribution < -0.4 is 4.74 Å². The van der Waals surface area contributed by atoms with E-state index in [2.05, 4.69) is 32.3 Å². The quantitative estimate of drug-likeness (QED) is 0.393.